The molecule has 2 aromatic carbocycles. The van der Waals surface area contributed by atoms with E-state index in [-0.39, 0.29) is 38.5 Å². The average molecular weight is 501 g/mol. The number of nitrogens with one attached hydrogen (secondary N) is 1. The first-order valence-electron chi connectivity index (χ1n) is 11.5. The number of sulfone groups is 1. The third-order valence-electron chi connectivity index (χ3n) is 6.67. The molecule has 1 aliphatic carbocycles. The number of carbonyl (C=O) groups excluding carboxylic acids is 2. The molecular formula is C25H28N2O7S. The van der Waals surface area contributed by atoms with Gasteiger partial charge in [-0.2, -0.15) is 0 Å². The molecule has 4 rings (SSSR count). The van der Waals surface area contributed by atoms with Gasteiger partial charge in [-0.05, 0) is 35.1 Å². The van der Waals surface area contributed by atoms with Crippen LogP contribution < -0.4 is 5.32 Å². The van der Waals surface area contributed by atoms with E-state index in [2.05, 4.69) is 5.32 Å². The van der Waals surface area contributed by atoms with Crippen LogP contribution in [0.5, 0.6) is 0 Å². The standard InChI is InChI=1S/C25H28N2O7S/c1-35(32,33)16-10-12-27(13-11-16)24(30)22(14-23(28)29)26-25(31)34-15-21-19-8-4-2-6-17(19)18-7-3-5-9-20(18)21/h2-9,16,21-22H,10-15H2,1H3,(H,26,31)(H,28,29). The minimum atomic E-state index is -3.21. The fraction of sp³-hybridized carbons (Fsp3) is 0.400. The van der Waals surface area contributed by atoms with E-state index < -0.39 is 45.5 Å². The summed E-state index contributed by atoms with van der Waals surface area (Å²) in [5.41, 5.74) is 4.23. The van der Waals surface area contributed by atoms with Crippen LogP contribution in [0.25, 0.3) is 11.1 Å². The van der Waals surface area contributed by atoms with E-state index in [0.717, 1.165) is 22.3 Å². The highest BCUT2D eigenvalue weighted by atomic mass is 32.2. The zero-order valence-corrected chi connectivity index (χ0v) is 20.2. The largest absolute Gasteiger partial charge is 0.481 e. The Labute approximate surface area is 204 Å². The molecule has 2 N–H and O–H groups in total. The van der Waals surface area contributed by atoms with Crippen molar-refractivity contribution in [1.82, 2.24) is 10.2 Å². The van der Waals surface area contributed by atoms with E-state index in [1.54, 1.807) is 0 Å². The number of rotatable bonds is 7. The number of amides is 2. The van der Waals surface area contributed by atoms with Crippen LogP contribution in [-0.4, -0.2) is 73.6 Å². The molecule has 1 fully saturated rings. The van der Waals surface area contributed by atoms with Crippen LogP contribution in [0, 0.1) is 0 Å². The smallest absolute Gasteiger partial charge is 0.407 e. The zero-order valence-electron chi connectivity index (χ0n) is 19.3. The van der Waals surface area contributed by atoms with Gasteiger partial charge in [-0.25, -0.2) is 13.2 Å². The number of carboxylic acids is 1. The highest BCUT2D eigenvalue weighted by Gasteiger charge is 2.34. The molecule has 9 nitrogen and oxygen atoms in total. The van der Waals surface area contributed by atoms with Crippen molar-refractivity contribution in [3.8, 4) is 11.1 Å². The molecule has 1 saturated heterocycles. The molecule has 35 heavy (non-hydrogen) atoms. The van der Waals surface area contributed by atoms with Gasteiger partial charge in [0.15, 0.2) is 0 Å². The third kappa shape index (κ3) is 5.48. The number of hydrogen-bond acceptors (Lipinski definition) is 6. The highest BCUT2D eigenvalue weighted by molar-refractivity contribution is 7.91. The van der Waals surface area contributed by atoms with Crippen LogP contribution in [0.15, 0.2) is 48.5 Å². The van der Waals surface area contributed by atoms with E-state index in [1.165, 1.54) is 11.2 Å². The van der Waals surface area contributed by atoms with Crippen LogP contribution in [0.3, 0.4) is 0 Å². The van der Waals surface area contributed by atoms with Crippen LogP contribution in [0.1, 0.15) is 36.3 Å². The molecule has 1 unspecified atom stereocenters. The Kier molecular flexibility index (Phi) is 7.11. The Bertz CT molecular complexity index is 1190. The fourth-order valence-electron chi connectivity index (χ4n) is 4.88. The Hall–Kier alpha value is -3.40. The Morgan fingerprint density at radius 1 is 1.03 bits per heavy atom. The number of ether oxygens (including phenoxy) is 1. The summed E-state index contributed by atoms with van der Waals surface area (Å²) in [7, 11) is -3.21. The number of fused-ring (bicyclic) bond motifs is 3. The van der Waals surface area contributed by atoms with Crippen molar-refractivity contribution in [2.45, 2.75) is 36.5 Å². The predicted octanol–water partition coefficient (Wildman–Crippen LogP) is 2.40. The predicted molar refractivity (Wildman–Crippen MR) is 129 cm³/mol. The lowest BCUT2D eigenvalue weighted by molar-refractivity contribution is -0.142. The molecule has 2 aliphatic rings. The van der Waals surface area contributed by atoms with E-state index in [0.29, 0.717) is 0 Å². The molecule has 1 aliphatic heterocycles. The lowest BCUT2D eigenvalue weighted by Gasteiger charge is -2.33. The summed E-state index contributed by atoms with van der Waals surface area (Å²) < 4.78 is 29.0. The molecule has 2 aromatic rings. The van der Waals surface area contributed by atoms with Gasteiger partial charge in [-0.3, -0.25) is 9.59 Å². The molecule has 0 aromatic heterocycles. The highest BCUT2D eigenvalue weighted by Crippen LogP contribution is 2.44. The van der Waals surface area contributed by atoms with Gasteiger partial charge in [0.2, 0.25) is 5.91 Å². The summed E-state index contributed by atoms with van der Waals surface area (Å²) in [4.78, 5) is 38.3. The summed E-state index contributed by atoms with van der Waals surface area (Å²) in [6, 6.07) is 14.4. The number of hydrogen-bond donors (Lipinski definition) is 2. The first kappa shape index (κ1) is 24.7. The third-order valence-corrected chi connectivity index (χ3v) is 8.35. The van der Waals surface area contributed by atoms with Crippen LogP contribution in [-0.2, 0) is 24.2 Å². The number of carbonyl (C=O) groups is 3. The van der Waals surface area contributed by atoms with Gasteiger partial charge in [0, 0.05) is 25.3 Å². The molecule has 10 heteroatoms. The first-order valence-corrected chi connectivity index (χ1v) is 13.4. The van der Waals surface area contributed by atoms with Gasteiger partial charge in [-0.15, -0.1) is 0 Å². The number of nitrogens with zero attached hydrogens (tertiary/aromatic N) is 1. The molecule has 0 bridgehead atoms. The number of benzene rings is 2. The molecular weight excluding hydrogens is 472 g/mol. The number of likely N-dealkylation sites (tertiary alicyclic amines) is 1. The van der Waals surface area contributed by atoms with Gasteiger partial charge in [0.25, 0.3) is 0 Å². The minimum absolute atomic E-state index is 0.0353. The minimum Gasteiger partial charge on any atom is -0.481 e. The monoisotopic (exact) mass is 500 g/mol. The number of carboxylic acid groups (broad SMARTS) is 1. The van der Waals surface area contributed by atoms with Gasteiger partial charge < -0.3 is 20.1 Å². The second kappa shape index (κ2) is 10.1. The summed E-state index contributed by atoms with van der Waals surface area (Å²) in [5.74, 6) is -1.97. The van der Waals surface area contributed by atoms with Crippen LogP contribution in [0.2, 0.25) is 0 Å². The van der Waals surface area contributed by atoms with Gasteiger partial charge >= 0.3 is 12.1 Å². The lowest BCUT2D eigenvalue weighted by Crippen LogP contribution is -2.52. The molecule has 186 valence electrons. The van der Waals surface area contributed by atoms with Crippen molar-refractivity contribution in [3.05, 3.63) is 59.7 Å². The normalized spacial score (nSPS) is 16.8. The summed E-state index contributed by atoms with van der Waals surface area (Å²) in [5, 5.41) is 11.2. The van der Waals surface area contributed by atoms with Crippen LogP contribution in [0.4, 0.5) is 4.79 Å². The van der Waals surface area contributed by atoms with Gasteiger partial charge in [-0.1, -0.05) is 48.5 Å². The van der Waals surface area contributed by atoms with E-state index >= 15 is 0 Å². The van der Waals surface area contributed by atoms with E-state index in [1.807, 2.05) is 48.5 Å². The number of alkyl carbamates (subject to hydrolysis) is 1. The fourth-order valence-corrected chi connectivity index (χ4v) is 5.95. The second-order valence-corrected chi connectivity index (χ2v) is 11.3. The average Bonchev–Trinajstić information content (AvgIpc) is 3.15. The van der Waals surface area contributed by atoms with Gasteiger partial charge in [0.05, 0.1) is 11.7 Å². The molecule has 1 heterocycles. The number of piperidine rings is 1. The van der Waals surface area contributed by atoms with Crippen LogP contribution >= 0.6 is 0 Å². The Morgan fingerprint density at radius 2 is 1.57 bits per heavy atom. The number of aliphatic carboxylic acids is 1. The summed E-state index contributed by atoms with van der Waals surface area (Å²) in [6.07, 6.45) is 0.235. The van der Waals surface area contributed by atoms with Crippen molar-refractivity contribution in [1.29, 1.82) is 0 Å². The van der Waals surface area contributed by atoms with Crippen molar-refractivity contribution >= 4 is 27.8 Å². The zero-order chi connectivity index (χ0) is 25.2. The summed E-state index contributed by atoms with van der Waals surface area (Å²) >= 11 is 0. The van der Waals surface area contributed by atoms with Crippen molar-refractivity contribution in [3.63, 3.8) is 0 Å². The molecule has 0 saturated carbocycles. The molecule has 1 atom stereocenters. The maximum atomic E-state index is 13.0. The lowest BCUT2D eigenvalue weighted by atomic mass is 9.98. The first-order chi connectivity index (χ1) is 16.6. The molecule has 0 spiro atoms. The second-order valence-electron chi connectivity index (χ2n) is 8.97. The molecule has 2 amide bonds. The summed E-state index contributed by atoms with van der Waals surface area (Å²) in [6.45, 7) is 0.395. The molecule has 0 radical (unpaired) electrons. The van der Waals surface area contributed by atoms with Crippen molar-refractivity contribution < 1.29 is 32.6 Å². The Morgan fingerprint density at radius 3 is 2.09 bits per heavy atom. The van der Waals surface area contributed by atoms with Crippen molar-refractivity contribution in [2.75, 3.05) is 26.0 Å². The van der Waals surface area contributed by atoms with Crippen molar-refractivity contribution in [2.24, 2.45) is 0 Å². The maximum Gasteiger partial charge on any atom is 0.407 e. The van der Waals surface area contributed by atoms with Gasteiger partial charge in [0.1, 0.15) is 22.5 Å². The van der Waals surface area contributed by atoms with E-state index in [9.17, 15) is 27.9 Å². The SMILES string of the molecule is CS(=O)(=O)C1CCN(C(=O)C(CC(=O)O)NC(=O)OCC2c3ccccc3-c3ccccc32)CC1. The topological polar surface area (TPSA) is 130 Å². The quantitative estimate of drug-likeness (QED) is 0.597. The van der Waals surface area contributed by atoms with E-state index in [4.69, 9.17) is 4.74 Å². The maximum absolute atomic E-state index is 13.0. The Balaban J connectivity index is 1.40.